The summed E-state index contributed by atoms with van der Waals surface area (Å²) in [4.78, 5) is 32.9. The first-order valence-corrected chi connectivity index (χ1v) is 9.55. The van der Waals surface area contributed by atoms with Gasteiger partial charge in [0.25, 0.3) is 5.91 Å². The predicted octanol–water partition coefficient (Wildman–Crippen LogP) is -0.0867. The van der Waals surface area contributed by atoms with E-state index in [1.807, 2.05) is 22.0 Å². The molecule has 1 atom stereocenters. The van der Waals surface area contributed by atoms with Crippen molar-refractivity contribution in [2.75, 3.05) is 31.8 Å². The minimum absolute atomic E-state index is 0.00588. The van der Waals surface area contributed by atoms with Crippen molar-refractivity contribution in [2.24, 2.45) is 5.10 Å². The van der Waals surface area contributed by atoms with Crippen LogP contribution in [-0.2, 0) is 4.79 Å². The Morgan fingerprint density at radius 2 is 2.17 bits per heavy atom. The van der Waals surface area contributed by atoms with Crippen molar-refractivity contribution < 1.29 is 14.3 Å². The largest absolute Gasteiger partial charge is 0.469 e. The molecule has 4 aliphatic heterocycles. The number of carbonyl (C=O) groups excluding carboxylic acids is 2. The van der Waals surface area contributed by atoms with Crippen LogP contribution in [0.5, 0.6) is 5.75 Å². The zero-order valence-electron chi connectivity index (χ0n) is 16.0. The summed E-state index contributed by atoms with van der Waals surface area (Å²) in [6.07, 6.45) is 7.82. The number of likely N-dealkylation sites (tertiary alicyclic amines) is 1. The summed E-state index contributed by atoms with van der Waals surface area (Å²) < 4.78 is 5.81. The SMILES string of the molecule is CNNC1C=C(N2COc3cc(C(=O)N4CCCC4)[nH]c32)C=C(N2C=N2)N1C=O. The van der Waals surface area contributed by atoms with Crippen molar-refractivity contribution in [3.8, 4) is 5.75 Å². The standard InChI is InChI=1S/C18H22N8O3/c1-19-22-15-6-12(7-16(24(15)10-27)26-9-20-26)25-11-29-14-8-13(21-17(14)25)18(28)23-4-2-3-5-23/h6-10,15,19,21-22H,2-5,11H2,1H3. The number of ether oxygens (including phenoxy) is 1. The highest BCUT2D eigenvalue weighted by molar-refractivity contribution is 5.94. The average Bonchev–Trinajstić information content (AvgIpc) is 3.11. The van der Waals surface area contributed by atoms with Crippen LogP contribution in [0.4, 0.5) is 5.82 Å². The number of hydrazone groups is 1. The molecule has 152 valence electrons. The molecule has 1 unspecified atom stereocenters. The molecular formula is C18H22N8O3. The maximum absolute atomic E-state index is 12.7. The molecule has 11 heteroatoms. The number of fused-ring (bicyclic) bond motifs is 1. The smallest absolute Gasteiger partial charge is 0.270 e. The third-order valence-electron chi connectivity index (χ3n) is 5.36. The van der Waals surface area contributed by atoms with Crippen LogP contribution in [0.2, 0.25) is 0 Å². The van der Waals surface area contributed by atoms with Gasteiger partial charge in [-0.3, -0.25) is 24.8 Å². The van der Waals surface area contributed by atoms with Gasteiger partial charge >= 0.3 is 0 Å². The summed E-state index contributed by atoms with van der Waals surface area (Å²) >= 11 is 0. The zero-order chi connectivity index (χ0) is 20.0. The molecule has 1 aromatic heterocycles. The van der Waals surface area contributed by atoms with E-state index >= 15 is 0 Å². The zero-order valence-corrected chi connectivity index (χ0v) is 16.0. The summed E-state index contributed by atoms with van der Waals surface area (Å²) in [7, 11) is 1.74. The van der Waals surface area contributed by atoms with Gasteiger partial charge in [-0.1, -0.05) is 0 Å². The fourth-order valence-electron chi connectivity index (χ4n) is 3.86. The van der Waals surface area contributed by atoms with E-state index < -0.39 is 6.17 Å². The van der Waals surface area contributed by atoms with Crippen LogP contribution >= 0.6 is 0 Å². The molecule has 2 amide bonds. The Bertz CT molecular complexity index is 924. The van der Waals surface area contributed by atoms with E-state index in [1.165, 1.54) is 4.90 Å². The molecule has 29 heavy (non-hydrogen) atoms. The Kier molecular flexibility index (Phi) is 4.25. The molecule has 0 aliphatic carbocycles. The lowest BCUT2D eigenvalue weighted by Crippen LogP contribution is -2.51. The Morgan fingerprint density at radius 3 is 2.86 bits per heavy atom. The van der Waals surface area contributed by atoms with Gasteiger partial charge in [0.15, 0.2) is 18.3 Å². The summed E-state index contributed by atoms with van der Waals surface area (Å²) in [5.74, 6) is 1.98. The number of carbonyl (C=O) groups is 2. The fourth-order valence-corrected chi connectivity index (χ4v) is 3.86. The molecule has 0 radical (unpaired) electrons. The highest BCUT2D eigenvalue weighted by atomic mass is 16.5. The molecule has 0 bridgehead atoms. The average molecular weight is 398 g/mol. The lowest BCUT2D eigenvalue weighted by atomic mass is 10.2. The number of H-pyrrole nitrogens is 1. The van der Waals surface area contributed by atoms with E-state index in [0.29, 0.717) is 24.0 Å². The van der Waals surface area contributed by atoms with E-state index in [2.05, 4.69) is 20.9 Å². The van der Waals surface area contributed by atoms with Crippen molar-refractivity contribution in [1.29, 1.82) is 0 Å². The molecule has 0 aromatic carbocycles. The molecule has 4 aliphatic rings. The Labute approximate surface area is 167 Å². The number of hydrogen-bond acceptors (Lipinski definition) is 8. The van der Waals surface area contributed by atoms with Gasteiger partial charge in [0.05, 0.1) is 0 Å². The van der Waals surface area contributed by atoms with Crippen LogP contribution in [0.15, 0.2) is 34.8 Å². The van der Waals surface area contributed by atoms with E-state index in [-0.39, 0.29) is 5.91 Å². The van der Waals surface area contributed by atoms with Crippen molar-refractivity contribution >= 4 is 24.5 Å². The number of aromatic nitrogens is 1. The van der Waals surface area contributed by atoms with E-state index in [4.69, 9.17) is 4.74 Å². The highest BCUT2D eigenvalue weighted by Gasteiger charge is 2.35. The van der Waals surface area contributed by atoms with Gasteiger partial charge in [0.1, 0.15) is 24.0 Å². The molecule has 0 spiro atoms. The predicted molar refractivity (Wildman–Crippen MR) is 104 cm³/mol. The van der Waals surface area contributed by atoms with Crippen LogP contribution in [0.25, 0.3) is 0 Å². The first-order chi connectivity index (χ1) is 14.2. The number of hydrazine groups is 1. The molecule has 1 aromatic rings. The Morgan fingerprint density at radius 1 is 1.38 bits per heavy atom. The lowest BCUT2D eigenvalue weighted by Gasteiger charge is -2.34. The number of nitrogens with one attached hydrogen (secondary N) is 3. The number of amides is 2. The van der Waals surface area contributed by atoms with Crippen LogP contribution in [-0.4, -0.2) is 71.5 Å². The van der Waals surface area contributed by atoms with Crippen molar-refractivity contribution in [3.63, 3.8) is 0 Å². The monoisotopic (exact) mass is 398 g/mol. The lowest BCUT2D eigenvalue weighted by molar-refractivity contribution is -0.118. The summed E-state index contributed by atoms with van der Waals surface area (Å²) in [5.41, 5.74) is 7.26. The van der Waals surface area contributed by atoms with Gasteiger partial charge in [-0.05, 0) is 26.0 Å². The quantitative estimate of drug-likeness (QED) is 0.454. The van der Waals surface area contributed by atoms with Gasteiger partial charge in [-0.2, -0.15) is 5.10 Å². The number of allylic oxidation sites excluding steroid dienone is 1. The summed E-state index contributed by atoms with van der Waals surface area (Å²) in [5, 5.41) is 5.68. The second-order valence-corrected chi connectivity index (χ2v) is 7.12. The maximum atomic E-state index is 12.7. The second kappa shape index (κ2) is 6.94. The van der Waals surface area contributed by atoms with Crippen LogP contribution in [0.1, 0.15) is 23.3 Å². The van der Waals surface area contributed by atoms with Gasteiger partial charge in [-0.25, -0.2) is 10.4 Å². The van der Waals surface area contributed by atoms with Gasteiger partial charge in [0.2, 0.25) is 6.41 Å². The van der Waals surface area contributed by atoms with Crippen LogP contribution < -0.4 is 20.5 Å². The van der Waals surface area contributed by atoms with Crippen LogP contribution in [0.3, 0.4) is 0 Å². The molecule has 3 N–H and O–H groups in total. The van der Waals surface area contributed by atoms with E-state index in [0.717, 1.165) is 43.9 Å². The molecular weight excluding hydrogens is 376 g/mol. The van der Waals surface area contributed by atoms with E-state index in [9.17, 15) is 9.59 Å². The topological polar surface area (TPSA) is 108 Å². The highest BCUT2D eigenvalue weighted by Crippen LogP contribution is 2.39. The number of aromatic amines is 1. The molecule has 5 heterocycles. The van der Waals surface area contributed by atoms with Gasteiger partial charge in [-0.15, -0.1) is 0 Å². The molecule has 1 saturated heterocycles. The van der Waals surface area contributed by atoms with Gasteiger partial charge in [0, 0.05) is 30.9 Å². The first kappa shape index (κ1) is 17.8. The number of nitrogens with zero attached hydrogens (tertiary/aromatic N) is 5. The minimum atomic E-state index is -0.415. The number of anilines is 1. The van der Waals surface area contributed by atoms with Crippen LogP contribution in [0, 0.1) is 0 Å². The molecule has 1 fully saturated rings. The fraction of sp³-hybridized carbons (Fsp3) is 0.389. The Balaban J connectivity index is 1.44. The summed E-state index contributed by atoms with van der Waals surface area (Å²) in [6, 6.07) is 1.76. The normalized spacial score (nSPS) is 22.4. The maximum Gasteiger partial charge on any atom is 0.270 e. The Hall–Kier alpha value is -3.31. The van der Waals surface area contributed by atoms with Crippen molar-refractivity contribution in [2.45, 2.75) is 19.0 Å². The molecule has 0 saturated carbocycles. The third-order valence-corrected chi connectivity index (χ3v) is 5.36. The second-order valence-electron chi connectivity index (χ2n) is 7.12. The van der Waals surface area contributed by atoms with E-state index in [1.54, 1.807) is 24.5 Å². The molecule has 11 nitrogen and oxygen atoms in total. The van der Waals surface area contributed by atoms with Gasteiger partial charge < -0.3 is 14.6 Å². The first-order valence-electron chi connectivity index (χ1n) is 9.55. The minimum Gasteiger partial charge on any atom is -0.469 e. The van der Waals surface area contributed by atoms with Crippen molar-refractivity contribution in [3.05, 3.63) is 35.4 Å². The summed E-state index contributed by atoms with van der Waals surface area (Å²) in [6.45, 7) is 1.89. The number of rotatable bonds is 6. The molecule has 5 rings (SSSR count). The number of hydrogen-bond donors (Lipinski definition) is 3. The third kappa shape index (κ3) is 3.04. The van der Waals surface area contributed by atoms with Crippen molar-refractivity contribution in [1.82, 2.24) is 30.6 Å².